The Kier molecular flexibility index (Phi) is 4.50. The summed E-state index contributed by atoms with van der Waals surface area (Å²) < 4.78 is 7.48. The predicted molar refractivity (Wildman–Crippen MR) is 94.1 cm³/mol. The van der Waals surface area contributed by atoms with Gasteiger partial charge >= 0.3 is 0 Å². The summed E-state index contributed by atoms with van der Waals surface area (Å²) in [4.78, 5) is 14.0. The van der Waals surface area contributed by atoms with Gasteiger partial charge in [0.1, 0.15) is 5.65 Å². The standard InChI is InChI=1S/C18H24N6O/c1-3-16-20-18(25-21-16)14(2)23-10-8-22(9-11-23)12-15-13-24-7-5-4-6-17(24)19-15/h4-7,13-14H,3,8-12H2,1-2H3. The first-order valence-electron chi connectivity index (χ1n) is 8.94. The maximum absolute atomic E-state index is 5.40. The zero-order chi connectivity index (χ0) is 17.2. The number of rotatable bonds is 5. The van der Waals surface area contributed by atoms with Crippen LogP contribution in [-0.4, -0.2) is 55.5 Å². The van der Waals surface area contributed by atoms with Gasteiger partial charge in [-0.25, -0.2) is 4.98 Å². The summed E-state index contributed by atoms with van der Waals surface area (Å²) in [6, 6.07) is 6.26. The highest BCUT2D eigenvalue weighted by atomic mass is 16.5. The molecular formula is C18H24N6O. The van der Waals surface area contributed by atoms with E-state index in [0.717, 1.165) is 62.2 Å². The molecule has 1 aliphatic heterocycles. The molecule has 1 saturated heterocycles. The van der Waals surface area contributed by atoms with Gasteiger partial charge in [0.2, 0.25) is 5.89 Å². The van der Waals surface area contributed by atoms with Gasteiger partial charge in [0, 0.05) is 51.5 Å². The number of hydrogen-bond acceptors (Lipinski definition) is 6. The van der Waals surface area contributed by atoms with Crippen LogP contribution in [0.15, 0.2) is 35.1 Å². The summed E-state index contributed by atoms with van der Waals surface area (Å²) in [7, 11) is 0. The van der Waals surface area contributed by atoms with Crippen LogP contribution < -0.4 is 0 Å². The lowest BCUT2D eigenvalue weighted by molar-refractivity contribution is 0.0839. The Morgan fingerprint density at radius 2 is 2.00 bits per heavy atom. The van der Waals surface area contributed by atoms with E-state index in [1.54, 1.807) is 0 Å². The molecule has 4 rings (SSSR count). The van der Waals surface area contributed by atoms with Crippen LogP contribution in [0, 0.1) is 0 Å². The topological polar surface area (TPSA) is 62.7 Å². The predicted octanol–water partition coefficient (Wildman–Crippen LogP) is 2.16. The molecule has 3 aromatic rings. The maximum Gasteiger partial charge on any atom is 0.243 e. The van der Waals surface area contributed by atoms with E-state index in [-0.39, 0.29) is 6.04 Å². The Balaban J connectivity index is 1.34. The van der Waals surface area contributed by atoms with E-state index in [4.69, 9.17) is 9.51 Å². The Hall–Kier alpha value is -2.25. The van der Waals surface area contributed by atoms with Gasteiger partial charge < -0.3 is 8.92 Å². The van der Waals surface area contributed by atoms with Crippen molar-refractivity contribution in [2.24, 2.45) is 0 Å². The third-order valence-electron chi connectivity index (χ3n) is 4.91. The molecule has 0 bridgehead atoms. The molecular weight excluding hydrogens is 316 g/mol. The normalized spacial score (nSPS) is 18.0. The highest BCUT2D eigenvalue weighted by molar-refractivity contribution is 5.39. The molecule has 1 atom stereocenters. The maximum atomic E-state index is 5.40. The highest BCUT2D eigenvalue weighted by Gasteiger charge is 2.25. The summed E-state index contributed by atoms with van der Waals surface area (Å²) in [6.45, 7) is 9.11. The van der Waals surface area contributed by atoms with Gasteiger partial charge in [-0.05, 0) is 19.1 Å². The minimum absolute atomic E-state index is 0.171. The Morgan fingerprint density at radius 1 is 1.16 bits per heavy atom. The van der Waals surface area contributed by atoms with E-state index in [9.17, 15) is 0 Å². The zero-order valence-corrected chi connectivity index (χ0v) is 14.8. The van der Waals surface area contributed by atoms with Crippen LogP contribution in [0.25, 0.3) is 5.65 Å². The van der Waals surface area contributed by atoms with Crippen molar-refractivity contribution in [3.05, 3.63) is 48.0 Å². The number of pyridine rings is 1. The Labute approximate surface area is 147 Å². The second-order valence-corrected chi connectivity index (χ2v) is 6.59. The van der Waals surface area contributed by atoms with Crippen LogP contribution in [-0.2, 0) is 13.0 Å². The molecule has 0 saturated carbocycles. The fourth-order valence-electron chi connectivity index (χ4n) is 3.34. The minimum atomic E-state index is 0.171. The van der Waals surface area contributed by atoms with Gasteiger partial charge in [0.05, 0.1) is 11.7 Å². The van der Waals surface area contributed by atoms with Gasteiger partial charge in [0.15, 0.2) is 5.82 Å². The molecule has 7 heteroatoms. The largest absolute Gasteiger partial charge is 0.338 e. The van der Waals surface area contributed by atoms with E-state index < -0.39 is 0 Å². The third kappa shape index (κ3) is 3.43. The molecule has 0 aromatic carbocycles. The van der Waals surface area contributed by atoms with Gasteiger partial charge in [-0.15, -0.1) is 0 Å². The van der Waals surface area contributed by atoms with E-state index in [0.29, 0.717) is 0 Å². The summed E-state index contributed by atoms with van der Waals surface area (Å²) >= 11 is 0. The number of nitrogens with zero attached hydrogens (tertiary/aromatic N) is 6. The molecule has 0 spiro atoms. The van der Waals surface area contributed by atoms with Crippen LogP contribution in [0.5, 0.6) is 0 Å². The van der Waals surface area contributed by atoms with Crippen LogP contribution in [0.4, 0.5) is 0 Å². The first kappa shape index (κ1) is 16.2. The van der Waals surface area contributed by atoms with Crippen LogP contribution in [0.2, 0.25) is 0 Å². The summed E-state index contributed by atoms with van der Waals surface area (Å²) in [5.41, 5.74) is 2.13. The van der Waals surface area contributed by atoms with Crippen LogP contribution in [0.1, 0.15) is 37.3 Å². The van der Waals surface area contributed by atoms with Crippen molar-refractivity contribution >= 4 is 5.65 Å². The monoisotopic (exact) mass is 340 g/mol. The quantitative estimate of drug-likeness (QED) is 0.709. The van der Waals surface area contributed by atoms with Crippen molar-refractivity contribution in [1.29, 1.82) is 0 Å². The molecule has 0 aliphatic carbocycles. The number of imidazole rings is 1. The van der Waals surface area contributed by atoms with Crippen molar-refractivity contribution in [3.63, 3.8) is 0 Å². The van der Waals surface area contributed by atoms with Crippen LogP contribution in [0.3, 0.4) is 0 Å². The SMILES string of the molecule is CCc1noc(C(C)N2CCN(Cc3cn4ccccc4n3)CC2)n1. The summed E-state index contributed by atoms with van der Waals surface area (Å²) in [6.07, 6.45) is 4.97. The highest BCUT2D eigenvalue weighted by Crippen LogP contribution is 2.21. The fourth-order valence-corrected chi connectivity index (χ4v) is 3.34. The first-order valence-corrected chi connectivity index (χ1v) is 8.94. The summed E-state index contributed by atoms with van der Waals surface area (Å²) in [5, 5.41) is 4.01. The number of fused-ring (bicyclic) bond motifs is 1. The number of aromatic nitrogens is 4. The number of piperazine rings is 1. The molecule has 0 N–H and O–H groups in total. The van der Waals surface area contributed by atoms with E-state index in [2.05, 4.69) is 37.5 Å². The molecule has 0 amide bonds. The lowest BCUT2D eigenvalue weighted by Gasteiger charge is -2.36. The van der Waals surface area contributed by atoms with Gasteiger partial charge in [-0.1, -0.05) is 18.1 Å². The molecule has 25 heavy (non-hydrogen) atoms. The first-order chi connectivity index (χ1) is 12.2. The van der Waals surface area contributed by atoms with E-state index in [1.807, 2.05) is 31.3 Å². The lowest BCUT2D eigenvalue weighted by Crippen LogP contribution is -2.46. The van der Waals surface area contributed by atoms with Crippen molar-refractivity contribution in [1.82, 2.24) is 29.3 Å². The third-order valence-corrected chi connectivity index (χ3v) is 4.91. The molecule has 1 aliphatic rings. The second kappa shape index (κ2) is 6.93. The van der Waals surface area contributed by atoms with Gasteiger partial charge in [0.25, 0.3) is 0 Å². The number of hydrogen-bond donors (Lipinski definition) is 0. The Morgan fingerprint density at radius 3 is 2.72 bits per heavy atom. The smallest absolute Gasteiger partial charge is 0.243 e. The number of aryl methyl sites for hydroxylation is 1. The van der Waals surface area contributed by atoms with Crippen molar-refractivity contribution in [3.8, 4) is 0 Å². The average molecular weight is 340 g/mol. The Bertz CT molecular complexity index is 800. The van der Waals surface area contributed by atoms with E-state index in [1.165, 1.54) is 0 Å². The van der Waals surface area contributed by atoms with Crippen molar-refractivity contribution in [2.45, 2.75) is 32.9 Å². The van der Waals surface area contributed by atoms with E-state index >= 15 is 0 Å². The van der Waals surface area contributed by atoms with Crippen molar-refractivity contribution < 1.29 is 4.52 Å². The molecule has 4 heterocycles. The minimum Gasteiger partial charge on any atom is -0.338 e. The van der Waals surface area contributed by atoms with Crippen molar-refractivity contribution in [2.75, 3.05) is 26.2 Å². The molecule has 1 unspecified atom stereocenters. The summed E-state index contributed by atoms with van der Waals surface area (Å²) in [5.74, 6) is 1.51. The lowest BCUT2D eigenvalue weighted by atomic mass is 10.2. The molecule has 7 nitrogen and oxygen atoms in total. The van der Waals surface area contributed by atoms with Gasteiger partial charge in [-0.3, -0.25) is 9.80 Å². The van der Waals surface area contributed by atoms with Gasteiger partial charge in [-0.2, -0.15) is 4.98 Å². The zero-order valence-electron chi connectivity index (χ0n) is 14.8. The second-order valence-electron chi connectivity index (χ2n) is 6.59. The fraction of sp³-hybridized carbons (Fsp3) is 0.500. The molecule has 1 fully saturated rings. The van der Waals surface area contributed by atoms with Crippen LogP contribution >= 0.6 is 0 Å². The molecule has 132 valence electrons. The average Bonchev–Trinajstić information content (AvgIpc) is 3.28. The molecule has 0 radical (unpaired) electrons. The molecule has 3 aromatic heterocycles.